The van der Waals surface area contributed by atoms with E-state index in [-0.39, 0.29) is 11.9 Å². The number of hydrogen-bond donors (Lipinski definition) is 1. The molecule has 1 atom stereocenters. The maximum atomic E-state index is 12.5. The first-order chi connectivity index (χ1) is 8.65. The van der Waals surface area contributed by atoms with Gasteiger partial charge in [0.2, 0.25) is 0 Å². The number of rotatable bonds is 3. The second-order valence-corrected chi connectivity index (χ2v) is 5.24. The molecule has 0 bridgehead atoms. The molecule has 0 aromatic heterocycles. The van der Waals surface area contributed by atoms with E-state index in [2.05, 4.69) is 5.32 Å². The fourth-order valence-electron chi connectivity index (χ4n) is 2.37. The minimum absolute atomic E-state index is 0.0275. The molecule has 1 aromatic rings. The average Bonchev–Trinajstić information content (AvgIpc) is 2.80. The molecule has 2 rings (SSSR count). The van der Waals surface area contributed by atoms with E-state index in [1.165, 1.54) is 0 Å². The van der Waals surface area contributed by atoms with Gasteiger partial charge in [-0.05, 0) is 32.0 Å². The molecule has 1 heterocycles. The van der Waals surface area contributed by atoms with Crippen LogP contribution in [-0.2, 0) is 0 Å². The number of carbonyl (C=O) groups excluding carboxylic acids is 1. The summed E-state index contributed by atoms with van der Waals surface area (Å²) in [4.78, 5) is 14.3. The van der Waals surface area contributed by atoms with Crippen LogP contribution < -0.4 is 5.32 Å². The zero-order chi connectivity index (χ0) is 13.1. The molecule has 1 unspecified atom stereocenters. The van der Waals surface area contributed by atoms with E-state index in [4.69, 9.17) is 23.2 Å². The average molecular weight is 287 g/mol. The number of amides is 1. The van der Waals surface area contributed by atoms with Gasteiger partial charge < -0.3 is 10.2 Å². The first-order valence-electron chi connectivity index (χ1n) is 6.04. The molecule has 1 aliphatic heterocycles. The smallest absolute Gasteiger partial charge is 0.255 e. The van der Waals surface area contributed by atoms with Crippen LogP contribution in [0.25, 0.3) is 0 Å². The lowest BCUT2D eigenvalue weighted by Crippen LogP contribution is -2.40. The third-order valence-corrected chi connectivity index (χ3v) is 4.08. The summed E-state index contributed by atoms with van der Waals surface area (Å²) in [5, 5.41) is 3.89. The van der Waals surface area contributed by atoms with Gasteiger partial charge in [-0.15, -0.1) is 0 Å². The Hall–Kier alpha value is -0.770. The second-order valence-electron chi connectivity index (χ2n) is 4.45. The van der Waals surface area contributed by atoms with Gasteiger partial charge in [-0.2, -0.15) is 0 Å². The molecule has 0 spiro atoms. The Bertz CT molecular complexity index is 451. The molecule has 1 aliphatic rings. The Morgan fingerprint density at radius 3 is 3.00 bits per heavy atom. The van der Waals surface area contributed by atoms with Crippen LogP contribution in [-0.4, -0.2) is 37.0 Å². The van der Waals surface area contributed by atoms with E-state index in [0.717, 1.165) is 25.9 Å². The molecule has 1 saturated heterocycles. The molecule has 5 heteroatoms. The minimum atomic E-state index is -0.0275. The van der Waals surface area contributed by atoms with Crippen molar-refractivity contribution in [3.05, 3.63) is 33.8 Å². The normalized spacial score (nSPS) is 19.3. The van der Waals surface area contributed by atoms with E-state index in [0.29, 0.717) is 15.6 Å². The van der Waals surface area contributed by atoms with Crippen LogP contribution in [0.1, 0.15) is 23.2 Å². The maximum absolute atomic E-state index is 12.5. The molecule has 1 N–H and O–H groups in total. The standard InChI is InChI=1S/C13H16Cl2N2O/c1-16-8-9-4-3-7-17(9)13(18)10-5-2-6-11(14)12(10)15/h2,5-6,9,16H,3-4,7-8H2,1H3. The van der Waals surface area contributed by atoms with Gasteiger partial charge >= 0.3 is 0 Å². The fourth-order valence-corrected chi connectivity index (χ4v) is 2.76. The number of hydrogen-bond acceptors (Lipinski definition) is 2. The highest BCUT2D eigenvalue weighted by Gasteiger charge is 2.30. The van der Waals surface area contributed by atoms with Crippen molar-refractivity contribution in [2.24, 2.45) is 0 Å². The van der Waals surface area contributed by atoms with Crippen molar-refractivity contribution < 1.29 is 4.79 Å². The van der Waals surface area contributed by atoms with Gasteiger partial charge in [0.25, 0.3) is 5.91 Å². The largest absolute Gasteiger partial charge is 0.334 e. The van der Waals surface area contributed by atoms with Gasteiger partial charge in [0.1, 0.15) is 0 Å². The third-order valence-electron chi connectivity index (χ3n) is 3.26. The predicted molar refractivity (Wildman–Crippen MR) is 74.4 cm³/mol. The molecule has 3 nitrogen and oxygen atoms in total. The minimum Gasteiger partial charge on any atom is -0.334 e. The first kappa shape index (κ1) is 13.7. The van der Waals surface area contributed by atoms with Crippen molar-refractivity contribution >= 4 is 29.1 Å². The van der Waals surface area contributed by atoms with E-state index < -0.39 is 0 Å². The molecule has 0 radical (unpaired) electrons. The van der Waals surface area contributed by atoms with E-state index in [1.54, 1.807) is 18.2 Å². The lowest BCUT2D eigenvalue weighted by Gasteiger charge is -2.25. The Balaban J connectivity index is 2.23. The summed E-state index contributed by atoms with van der Waals surface area (Å²) >= 11 is 12.0. The van der Waals surface area contributed by atoms with E-state index in [9.17, 15) is 4.79 Å². The number of halogens is 2. The lowest BCUT2D eigenvalue weighted by atomic mass is 10.1. The van der Waals surface area contributed by atoms with Gasteiger partial charge in [0.05, 0.1) is 15.6 Å². The number of benzene rings is 1. The lowest BCUT2D eigenvalue weighted by molar-refractivity contribution is 0.0737. The van der Waals surface area contributed by atoms with Crippen molar-refractivity contribution in [1.82, 2.24) is 10.2 Å². The summed E-state index contributed by atoms with van der Waals surface area (Å²) in [5.41, 5.74) is 0.493. The van der Waals surface area contributed by atoms with Crippen molar-refractivity contribution in [2.45, 2.75) is 18.9 Å². The fraction of sp³-hybridized carbons (Fsp3) is 0.462. The molecule has 0 saturated carbocycles. The Kier molecular flexibility index (Phi) is 4.49. The van der Waals surface area contributed by atoms with Gasteiger partial charge in [-0.1, -0.05) is 29.3 Å². The van der Waals surface area contributed by atoms with Crippen LogP contribution >= 0.6 is 23.2 Å². The number of likely N-dealkylation sites (tertiary alicyclic amines) is 1. The maximum Gasteiger partial charge on any atom is 0.255 e. The predicted octanol–water partition coefficient (Wildman–Crippen LogP) is 2.82. The molecular formula is C13H16Cl2N2O. The molecule has 0 aliphatic carbocycles. The molecule has 1 aromatic carbocycles. The van der Waals surface area contributed by atoms with E-state index in [1.807, 2.05) is 11.9 Å². The Morgan fingerprint density at radius 2 is 2.28 bits per heavy atom. The highest BCUT2D eigenvalue weighted by Crippen LogP contribution is 2.28. The van der Waals surface area contributed by atoms with Gasteiger partial charge in [-0.25, -0.2) is 0 Å². The molecule has 1 amide bonds. The van der Waals surface area contributed by atoms with E-state index >= 15 is 0 Å². The quantitative estimate of drug-likeness (QED) is 0.927. The summed E-state index contributed by atoms with van der Waals surface area (Å²) < 4.78 is 0. The van der Waals surface area contributed by atoms with Crippen LogP contribution in [0.15, 0.2) is 18.2 Å². The summed E-state index contributed by atoms with van der Waals surface area (Å²) in [5.74, 6) is -0.0275. The van der Waals surface area contributed by atoms with Crippen molar-refractivity contribution in [2.75, 3.05) is 20.1 Å². The van der Waals surface area contributed by atoms with Crippen LogP contribution in [0.3, 0.4) is 0 Å². The molecule has 98 valence electrons. The zero-order valence-electron chi connectivity index (χ0n) is 10.2. The summed E-state index contributed by atoms with van der Waals surface area (Å²) in [6.07, 6.45) is 2.07. The summed E-state index contributed by atoms with van der Waals surface area (Å²) in [7, 11) is 1.90. The number of nitrogens with zero attached hydrogens (tertiary/aromatic N) is 1. The third kappa shape index (κ3) is 2.63. The monoisotopic (exact) mass is 286 g/mol. The SMILES string of the molecule is CNCC1CCCN1C(=O)c1cccc(Cl)c1Cl. The molecule has 1 fully saturated rings. The molecule has 18 heavy (non-hydrogen) atoms. The van der Waals surface area contributed by atoms with Crippen molar-refractivity contribution in [3.8, 4) is 0 Å². The van der Waals surface area contributed by atoms with Crippen LogP contribution in [0.2, 0.25) is 10.0 Å². The molecular weight excluding hydrogens is 271 g/mol. The van der Waals surface area contributed by atoms with Gasteiger partial charge in [0.15, 0.2) is 0 Å². The van der Waals surface area contributed by atoms with Crippen LogP contribution in [0.4, 0.5) is 0 Å². The zero-order valence-corrected chi connectivity index (χ0v) is 11.8. The second kappa shape index (κ2) is 5.91. The van der Waals surface area contributed by atoms with Gasteiger partial charge in [0, 0.05) is 19.1 Å². The van der Waals surface area contributed by atoms with Crippen molar-refractivity contribution in [3.63, 3.8) is 0 Å². The summed E-state index contributed by atoms with van der Waals surface area (Å²) in [6, 6.07) is 5.42. The van der Waals surface area contributed by atoms with Crippen LogP contribution in [0.5, 0.6) is 0 Å². The highest BCUT2D eigenvalue weighted by atomic mass is 35.5. The van der Waals surface area contributed by atoms with Crippen LogP contribution in [0, 0.1) is 0 Å². The number of nitrogens with one attached hydrogen (secondary N) is 1. The Labute approximate surface area is 117 Å². The van der Waals surface area contributed by atoms with Crippen molar-refractivity contribution in [1.29, 1.82) is 0 Å². The number of likely N-dealkylation sites (N-methyl/N-ethyl adjacent to an activating group) is 1. The van der Waals surface area contributed by atoms with Gasteiger partial charge in [-0.3, -0.25) is 4.79 Å². The number of carbonyl (C=O) groups is 1. The summed E-state index contributed by atoms with van der Waals surface area (Å²) in [6.45, 7) is 1.60. The first-order valence-corrected chi connectivity index (χ1v) is 6.80. The Morgan fingerprint density at radius 1 is 1.50 bits per heavy atom. The highest BCUT2D eigenvalue weighted by molar-refractivity contribution is 6.43. The topological polar surface area (TPSA) is 32.3 Å².